The molecule has 31 heavy (non-hydrogen) atoms. The van der Waals surface area contributed by atoms with Crippen molar-refractivity contribution in [2.24, 2.45) is 0 Å². The van der Waals surface area contributed by atoms with Gasteiger partial charge in [-0.2, -0.15) is 0 Å². The molecule has 1 fully saturated rings. The molecular formula is C25H26O6. The van der Waals surface area contributed by atoms with Crippen molar-refractivity contribution in [1.29, 1.82) is 0 Å². The van der Waals surface area contributed by atoms with E-state index in [4.69, 9.17) is 9.47 Å². The van der Waals surface area contributed by atoms with Gasteiger partial charge >= 0.3 is 0 Å². The molecule has 6 nitrogen and oxygen atoms in total. The molecule has 162 valence electrons. The average molecular weight is 422 g/mol. The van der Waals surface area contributed by atoms with Gasteiger partial charge in [-0.3, -0.25) is 0 Å². The van der Waals surface area contributed by atoms with Crippen LogP contribution in [0, 0.1) is 0 Å². The maximum atomic E-state index is 10.4. The SMILES string of the molecule is OC1[C@@H](COC(c2ccccc2)(c2ccccc2)c2ccccc2)O[C@H](O)[C@@H](O)[C@H]1O. The van der Waals surface area contributed by atoms with Crippen LogP contribution in [-0.4, -0.2) is 57.7 Å². The van der Waals surface area contributed by atoms with Crippen LogP contribution in [0.1, 0.15) is 16.7 Å². The average Bonchev–Trinajstić information content (AvgIpc) is 2.83. The first-order valence-electron chi connectivity index (χ1n) is 10.2. The van der Waals surface area contributed by atoms with Gasteiger partial charge in [-0.1, -0.05) is 91.0 Å². The number of aliphatic hydroxyl groups excluding tert-OH is 4. The van der Waals surface area contributed by atoms with Crippen LogP contribution >= 0.6 is 0 Å². The molecule has 0 radical (unpaired) electrons. The molecule has 0 saturated carbocycles. The Hall–Kier alpha value is -2.58. The summed E-state index contributed by atoms with van der Waals surface area (Å²) in [5.41, 5.74) is 1.59. The zero-order valence-electron chi connectivity index (χ0n) is 16.9. The molecule has 1 saturated heterocycles. The van der Waals surface area contributed by atoms with Crippen LogP contribution < -0.4 is 0 Å². The topological polar surface area (TPSA) is 99.4 Å². The van der Waals surface area contributed by atoms with Gasteiger partial charge in [-0.05, 0) is 16.7 Å². The Morgan fingerprint density at radius 3 is 1.45 bits per heavy atom. The summed E-state index contributed by atoms with van der Waals surface area (Å²) in [7, 11) is 0. The lowest BCUT2D eigenvalue weighted by Crippen LogP contribution is -2.59. The molecule has 3 aromatic rings. The smallest absolute Gasteiger partial charge is 0.184 e. The molecular weight excluding hydrogens is 396 g/mol. The quantitative estimate of drug-likeness (QED) is 0.452. The van der Waals surface area contributed by atoms with Gasteiger partial charge in [0.15, 0.2) is 6.29 Å². The molecule has 6 heteroatoms. The van der Waals surface area contributed by atoms with E-state index in [1.54, 1.807) is 0 Å². The molecule has 0 aliphatic carbocycles. The molecule has 0 bridgehead atoms. The predicted octanol–water partition coefficient (Wildman–Crippen LogP) is 1.79. The molecule has 0 spiro atoms. The zero-order valence-corrected chi connectivity index (χ0v) is 16.9. The van der Waals surface area contributed by atoms with Crippen LogP contribution in [0.3, 0.4) is 0 Å². The Morgan fingerprint density at radius 1 is 0.613 bits per heavy atom. The van der Waals surface area contributed by atoms with E-state index in [9.17, 15) is 20.4 Å². The summed E-state index contributed by atoms with van der Waals surface area (Å²) in [5, 5.41) is 40.2. The largest absolute Gasteiger partial charge is 0.387 e. The second-order valence-corrected chi connectivity index (χ2v) is 7.63. The molecule has 1 aliphatic heterocycles. The van der Waals surface area contributed by atoms with Crippen LogP contribution in [0.5, 0.6) is 0 Å². The number of hydrogen-bond donors (Lipinski definition) is 4. The number of hydrogen-bond acceptors (Lipinski definition) is 6. The highest BCUT2D eigenvalue weighted by atomic mass is 16.6. The minimum atomic E-state index is -1.62. The molecule has 0 aromatic heterocycles. The lowest BCUT2D eigenvalue weighted by atomic mass is 9.80. The first-order chi connectivity index (χ1) is 15.0. The van der Waals surface area contributed by atoms with Crippen molar-refractivity contribution in [2.45, 2.75) is 36.3 Å². The fourth-order valence-electron chi connectivity index (χ4n) is 4.04. The molecule has 1 aliphatic rings. The first kappa shape index (κ1) is 21.6. The summed E-state index contributed by atoms with van der Waals surface area (Å²) in [6.07, 6.45) is -7.21. The Morgan fingerprint density at radius 2 is 1.03 bits per heavy atom. The summed E-state index contributed by atoms with van der Waals surface area (Å²) in [4.78, 5) is 0. The molecule has 0 amide bonds. The van der Waals surface area contributed by atoms with Gasteiger partial charge < -0.3 is 29.9 Å². The third-order valence-corrected chi connectivity index (χ3v) is 5.69. The van der Waals surface area contributed by atoms with Gasteiger partial charge in [0.25, 0.3) is 0 Å². The summed E-state index contributed by atoms with van der Waals surface area (Å²) in [6, 6.07) is 29.1. The Labute approximate surface area is 180 Å². The normalized spacial score (nSPS) is 26.5. The Balaban J connectivity index is 1.78. The van der Waals surface area contributed by atoms with E-state index in [0.717, 1.165) is 16.7 Å². The maximum Gasteiger partial charge on any atom is 0.184 e. The molecule has 1 heterocycles. The lowest BCUT2D eigenvalue weighted by Gasteiger charge is -2.41. The Kier molecular flexibility index (Phi) is 6.48. The van der Waals surface area contributed by atoms with Crippen molar-refractivity contribution < 1.29 is 29.9 Å². The standard InChI is InChI=1S/C25H26O6/c26-21-20(31-24(29)23(28)22(21)27)16-30-25(17-10-4-1-5-11-17,18-12-6-2-7-13-18)19-14-8-3-9-15-19/h1-15,20-24,26-29H,16H2/t20-,21?,22+,23+,24+/m1/s1. The molecule has 3 aromatic carbocycles. The molecule has 4 rings (SSSR count). The highest BCUT2D eigenvalue weighted by Gasteiger charge is 2.45. The maximum absolute atomic E-state index is 10.4. The van der Waals surface area contributed by atoms with Gasteiger partial charge in [0.1, 0.15) is 30.0 Å². The van der Waals surface area contributed by atoms with E-state index in [0.29, 0.717) is 0 Å². The Bertz CT molecular complexity index is 853. The highest BCUT2D eigenvalue weighted by molar-refractivity contribution is 5.47. The number of benzene rings is 3. The fourth-order valence-corrected chi connectivity index (χ4v) is 4.04. The monoisotopic (exact) mass is 422 g/mol. The summed E-state index contributed by atoms with van der Waals surface area (Å²) in [5.74, 6) is 0. The van der Waals surface area contributed by atoms with E-state index in [2.05, 4.69) is 0 Å². The van der Waals surface area contributed by atoms with Gasteiger partial charge in [-0.25, -0.2) is 0 Å². The summed E-state index contributed by atoms with van der Waals surface area (Å²) in [6.45, 7) is -0.138. The van der Waals surface area contributed by atoms with E-state index < -0.39 is 36.3 Å². The van der Waals surface area contributed by atoms with E-state index in [1.165, 1.54) is 0 Å². The predicted molar refractivity (Wildman–Crippen MR) is 114 cm³/mol. The van der Waals surface area contributed by atoms with E-state index in [-0.39, 0.29) is 6.61 Å². The zero-order chi connectivity index (χ0) is 21.8. The highest BCUT2D eigenvalue weighted by Crippen LogP contribution is 2.41. The van der Waals surface area contributed by atoms with Gasteiger partial charge in [0.05, 0.1) is 6.61 Å². The van der Waals surface area contributed by atoms with Gasteiger partial charge in [0.2, 0.25) is 0 Å². The second-order valence-electron chi connectivity index (χ2n) is 7.63. The van der Waals surface area contributed by atoms with Crippen molar-refractivity contribution >= 4 is 0 Å². The summed E-state index contributed by atoms with van der Waals surface area (Å²) >= 11 is 0. The number of ether oxygens (including phenoxy) is 2. The third kappa shape index (κ3) is 4.14. The van der Waals surface area contributed by atoms with Crippen molar-refractivity contribution in [3.05, 3.63) is 108 Å². The number of rotatable bonds is 6. The van der Waals surface area contributed by atoms with Crippen molar-refractivity contribution in [1.82, 2.24) is 0 Å². The first-order valence-corrected chi connectivity index (χ1v) is 10.2. The van der Waals surface area contributed by atoms with Crippen LogP contribution in [0.15, 0.2) is 91.0 Å². The number of aliphatic hydroxyl groups is 4. The molecule has 1 unspecified atom stereocenters. The second kappa shape index (κ2) is 9.28. The van der Waals surface area contributed by atoms with Crippen LogP contribution in [0.4, 0.5) is 0 Å². The third-order valence-electron chi connectivity index (χ3n) is 5.69. The fraction of sp³-hybridized carbons (Fsp3) is 0.280. The molecule has 5 atom stereocenters. The van der Waals surface area contributed by atoms with E-state index in [1.807, 2.05) is 91.0 Å². The minimum absolute atomic E-state index is 0.138. The minimum Gasteiger partial charge on any atom is -0.387 e. The van der Waals surface area contributed by atoms with Crippen molar-refractivity contribution in [3.63, 3.8) is 0 Å². The van der Waals surface area contributed by atoms with Crippen LogP contribution in [0.2, 0.25) is 0 Å². The lowest BCUT2D eigenvalue weighted by molar-refractivity contribution is -0.291. The van der Waals surface area contributed by atoms with E-state index >= 15 is 0 Å². The molecule has 4 N–H and O–H groups in total. The van der Waals surface area contributed by atoms with Gasteiger partial charge in [-0.15, -0.1) is 0 Å². The van der Waals surface area contributed by atoms with Gasteiger partial charge in [0, 0.05) is 0 Å². The summed E-state index contributed by atoms with van der Waals surface area (Å²) < 4.78 is 11.9. The van der Waals surface area contributed by atoms with Crippen molar-refractivity contribution in [2.75, 3.05) is 6.61 Å². The van der Waals surface area contributed by atoms with Crippen LogP contribution in [-0.2, 0) is 15.1 Å². The van der Waals surface area contributed by atoms with Crippen molar-refractivity contribution in [3.8, 4) is 0 Å². The van der Waals surface area contributed by atoms with Crippen LogP contribution in [0.25, 0.3) is 0 Å².